The van der Waals surface area contributed by atoms with Crippen LogP contribution in [0.2, 0.25) is 5.02 Å². The van der Waals surface area contributed by atoms with Crippen molar-refractivity contribution in [1.29, 1.82) is 0 Å². The quantitative estimate of drug-likeness (QED) is 0.240. The Kier molecular flexibility index (Phi) is 8.95. The molecule has 0 unspecified atom stereocenters. The molecule has 9 nitrogen and oxygen atoms in total. The molecule has 3 aromatic carbocycles. The summed E-state index contributed by atoms with van der Waals surface area (Å²) in [5, 5.41) is 8.70. The first-order chi connectivity index (χ1) is 17.3. The topological polar surface area (TPSA) is 118 Å². The van der Waals surface area contributed by atoms with Gasteiger partial charge in [0.1, 0.15) is 5.82 Å². The highest BCUT2D eigenvalue weighted by atomic mass is 35.5. The number of benzene rings is 3. The first-order valence-electron chi connectivity index (χ1n) is 10.5. The van der Waals surface area contributed by atoms with Gasteiger partial charge in [0.05, 0.1) is 24.0 Å². The number of carbonyl (C=O) groups is 3. The Morgan fingerprint density at radius 3 is 2.44 bits per heavy atom. The molecule has 0 aliphatic rings. The van der Waals surface area contributed by atoms with Crippen LogP contribution in [0.4, 0.5) is 15.8 Å². The third-order valence-corrected chi connectivity index (χ3v) is 4.92. The fourth-order valence-corrected chi connectivity index (χ4v) is 3.16. The zero-order valence-corrected chi connectivity index (χ0v) is 20.1. The number of amides is 3. The number of hydrogen-bond acceptors (Lipinski definition) is 6. The van der Waals surface area contributed by atoms with Crippen LogP contribution in [0.3, 0.4) is 0 Å². The number of hydrogen-bond donors (Lipinski definition) is 3. The molecule has 0 saturated carbocycles. The third kappa shape index (κ3) is 7.28. The lowest BCUT2D eigenvalue weighted by atomic mass is 10.2. The molecule has 0 atom stereocenters. The van der Waals surface area contributed by atoms with E-state index < -0.39 is 30.1 Å². The average molecular weight is 513 g/mol. The van der Waals surface area contributed by atoms with Gasteiger partial charge in [-0.3, -0.25) is 14.4 Å². The van der Waals surface area contributed by atoms with Gasteiger partial charge in [-0.15, -0.1) is 0 Å². The lowest BCUT2D eigenvalue weighted by molar-refractivity contribution is -0.136. The second-order valence-electron chi connectivity index (χ2n) is 7.37. The zero-order valence-electron chi connectivity index (χ0n) is 19.3. The van der Waals surface area contributed by atoms with E-state index in [2.05, 4.69) is 21.2 Å². The van der Waals surface area contributed by atoms with Crippen molar-refractivity contribution in [1.82, 2.24) is 5.43 Å². The summed E-state index contributed by atoms with van der Waals surface area (Å²) in [5.41, 5.74) is 4.04. The molecule has 3 aromatic rings. The number of nitrogens with zero attached hydrogens (tertiary/aromatic N) is 1. The summed E-state index contributed by atoms with van der Waals surface area (Å²) in [4.78, 5) is 36.1. The maximum atomic E-state index is 13.7. The maximum absolute atomic E-state index is 13.7. The van der Waals surface area contributed by atoms with Gasteiger partial charge in [0.25, 0.3) is 5.91 Å². The molecule has 3 amide bonds. The van der Waals surface area contributed by atoms with Crippen LogP contribution in [0, 0.1) is 12.7 Å². The van der Waals surface area contributed by atoms with Crippen LogP contribution in [0.25, 0.3) is 0 Å². The molecule has 11 heteroatoms. The number of hydrazone groups is 1. The van der Waals surface area contributed by atoms with E-state index >= 15 is 0 Å². The van der Waals surface area contributed by atoms with Crippen LogP contribution in [-0.2, 0) is 14.4 Å². The first-order valence-corrected chi connectivity index (χ1v) is 10.9. The predicted molar refractivity (Wildman–Crippen MR) is 134 cm³/mol. The largest absolute Gasteiger partial charge is 0.493 e. The molecule has 0 aliphatic carbocycles. The highest BCUT2D eigenvalue weighted by Gasteiger charge is 2.15. The number of ether oxygens (including phenoxy) is 2. The van der Waals surface area contributed by atoms with E-state index in [4.69, 9.17) is 21.1 Å². The number of para-hydroxylation sites is 1. The Bertz CT molecular complexity index is 1300. The standard InChI is InChI=1S/C25H22ClFN4O5/c1-15-7-9-17(10-8-15)29-24(33)25(34)31-28-13-16-11-18(26)23(21(12-16)35-2)36-14-22(32)30-20-6-4-3-5-19(20)27/h3-13H,14H2,1-2H3,(H,29,33)(H,30,32)(H,31,34)/b28-13-. The molecule has 0 aliphatic heterocycles. The number of carbonyl (C=O) groups excluding carboxylic acids is 3. The average Bonchev–Trinajstić information content (AvgIpc) is 2.85. The van der Waals surface area contributed by atoms with Crippen molar-refractivity contribution in [2.45, 2.75) is 6.92 Å². The normalized spacial score (nSPS) is 10.6. The minimum absolute atomic E-state index is 0.0188. The molecule has 0 radical (unpaired) electrons. The van der Waals surface area contributed by atoms with Crippen LogP contribution in [-0.4, -0.2) is 37.7 Å². The van der Waals surface area contributed by atoms with E-state index in [-0.39, 0.29) is 22.2 Å². The van der Waals surface area contributed by atoms with Crippen LogP contribution in [0.1, 0.15) is 11.1 Å². The summed E-state index contributed by atoms with van der Waals surface area (Å²) in [7, 11) is 1.37. The van der Waals surface area contributed by atoms with E-state index in [1.807, 2.05) is 6.92 Å². The molecule has 0 bridgehead atoms. The fraction of sp³-hybridized carbons (Fsp3) is 0.120. The molecular formula is C25H22ClFN4O5. The summed E-state index contributed by atoms with van der Waals surface area (Å²) in [6.45, 7) is 1.45. The van der Waals surface area contributed by atoms with Gasteiger partial charge >= 0.3 is 11.8 Å². The van der Waals surface area contributed by atoms with Crippen LogP contribution in [0.5, 0.6) is 11.5 Å². The molecule has 0 fully saturated rings. The second-order valence-corrected chi connectivity index (χ2v) is 7.78. The molecule has 186 valence electrons. The van der Waals surface area contributed by atoms with E-state index in [0.29, 0.717) is 11.3 Å². The van der Waals surface area contributed by atoms with E-state index in [1.165, 1.54) is 43.7 Å². The highest BCUT2D eigenvalue weighted by molar-refractivity contribution is 6.39. The van der Waals surface area contributed by atoms with Crippen molar-refractivity contribution >= 4 is 46.9 Å². The number of aryl methyl sites for hydroxylation is 1. The summed E-state index contributed by atoms with van der Waals surface area (Å²) in [6, 6.07) is 15.6. The van der Waals surface area contributed by atoms with Crippen LogP contribution >= 0.6 is 11.6 Å². The van der Waals surface area contributed by atoms with Crippen molar-refractivity contribution in [3.8, 4) is 11.5 Å². The lowest BCUT2D eigenvalue weighted by Crippen LogP contribution is -2.32. The summed E-state index contributed by atoms with van der Waals surface area (Å²) < 4.78 is 24.4. The van der Waals surface area contributed by atoms with E-state index in [9.17, 15) is 18.8 Å². The third-order valence-electron chi connectivity index (χ3n) is 4.64. The van der Waals surface area contributed by atoms with Gasteiger partial charge in [0.15, 0.2) is 18.1 Å². The van der Waals surface area contributed by atoms with Crippen molar-refractivity contribution < 1.29 is 28.2 Å². The number of halogens is 2. The lowest BCUT2D eigenvalue weighted by Gasteiger charge is -2.13. The second kappa shape index (κ2) is 12.3. The van der Waals surface area contributed by atoms with Crippen LogP contribution in [0.15, 0.2) is 65.8 Å². The number of nitrogens with one attached hydrogen (secondary N) is 3. The fourth-order valence-electron chi connectivity index (χ4n) is 2.88. The molecule has 0 heterocycles. The van der Waals surface area contributed by atoms with Crippen LogP contribution < -0.4 is 25.5 Å². The van der Waals surface area contributed by atoms with Crippen molar-refractivity contribution in [2.75, 3.05) is 24.4 Å². The molecular weight excluding hydrogens is 491 g/mol. The smallest absolute Gasteiger partial charge is 0.329 e. The monoisotopic (exact) mass is 512 g/mol. The summed E-state index contributed by atoms with van der Waals surface area (Å²) >= 11 is 6.27. The Labute approximate surface area is 211 Å². The molecule has 3 N–H and O–H groups in total. The van der Waals surface area contributed by atoms with Crippen molar-refractivity contribution in [3.63, 3.8) is 0 Å². The number of rotatable bonds is 8. The van der Waals surface area contributed by atoms with Gasteiger partial charge in [-0.05, 0) is 48.9 Å². The SMILES string of the molecule is COc1cc(/C=N\NC(=O)C(=O)Nc2ccc(C)cc2)cc(Cl)c1OCC(=O)Nc1ccccc1F. The van der Waals surface area contributed by atoms with Gasteiger partial charge in [0.2, 0.25) is 0 Å². The number of methoxy groups -OCH3 is 1. The van der Waals surface area contributed by atoms with Gasteiger partial charge in [-0.25, -0.2) is 9.82 Å². The predicted octanol–water partition coefficient (Wildman–Crippen LogP) is 3.90. The van der Waals surface area contributed by atoms with Crippen molar-refractivity contribution in [2.24, 2.45) is 5.10 Å². The van der Waals surface area contributed by atoms with E-state index in [0.717, 1.165) is 5.56 Å². The minimum atomic E-state index is -0.967. The Morgan fingerprint density at radius 2 is 1.75 bits per heavy atom. The summed E-state index contributed by atoms with van der Waals surface area (Å²) in [6.07, 6.45) is 1.25. The van der Waals surface area contributed by atoms with Gasteiger partial charge in [0, 0.05) is 5.69 Å². The number of anilines is 2. The molecule has 0 saturated heterocycles. The molecule has 3 rings (SSSR count). The Morgan fingerprint density at radius 1 is 1.03 bits per heavy atom. The summed E-state index contributed by atoms with van der Waals surface area (Å²) in [5.74, 6) is -2.76. The Balaban J connectivity index is 1.58. The minimum Gasteiger partial charge on any atom is -0.493 e. The molecule has 0 aromatic heterocycles. The Hall–Kier alpha value is -4.44. The highest BCUT2D eigenvalue weighted by Crippen LogP contribution is 2.36. The van der Waals surface area contributed by atoms with E-state index in [1.54, 1.807) is 30.3 Å². The van der Waals surface area contributed by atoms with Gasteiger partial charge < -0.3 is 20.1 Å². The molecule has 36 heavy (non-hydrogen) atoms. The van der Waals surface area contributed by atoms with Gasteiger partial charge in [-0.1, -0.05) is 41.4 Å². The molecule has 0 spiro atoms. The van der Waals surface area contributed by atoms with Crippen molar-refractivity contribution in [3.05, 3.63) is 82.6 Å². The zero-order chi connectivity index (χ0) is 26.1. The van der Waals surface area contributed by atoms with Gasteiger partial charge in [-0.2, -0.15) is 5.10 Å². The maximum Gasteiger partial charge on any atom is 0.329 e. The first kappa shape index (κ1) is 26.2.